The van der Waals surface area contributed by atoms with Gasteiger partial charge in [0.1, 0.15) is 12.4 Å². The number of non-ortho nitro benzene ring substituents is 1. The zero-order chi connectivity index (χ0) is 22.2. The third-order valence-electron chi connectivity index (χ3n) is 3.98. The van der Waals surface area contributed by atoms with E-state index in [1.807, 2.05) is 30.3 Å². The Labute approximate surface area is 187 Å². The summed E-state index contributed by atoms with van der Waals surface area (Å²) in [5.41, 5.74) is 0.00659. The van der Waals surface area contributed by atoms with Gasteiger partial charge in [-0.25, -0.2) is 0 Å². The van der Waals surface area contributed by atoms with E-state index in [0.717, 1.165) is 0 Å². The molecular weight excluding hydrogens is 442 g/mol. The number of para-hydroxylation sites is 1. The molecule has 0 fully saturated rings. The first-order chi connectivity index (χ1) is 15.0. The van der Waals surface area contributed by atoms with Crippen molar-refractivity contribution in [3.63, 3.8) is 0 Å². The zero-order valence-corrected chi connectivity index (χ0v) is 17.8. The normalized spacial score (nSPS) is 10.5. The number of nitrogens with zero attached hydrogens (tertiary/aromatic N) is 4. The Morgan fingerprint density at radius 3 is 2.77 bits per heavy atom. The van der Waals surface area contributed by atoms with Gasteiger partial charge in [-0.2, -0.15) is 0 Å². The van der Waals surface area contributed by atoms with Crippen molar-refractivity contribution in [2.75, 3.05) is 11.1 Å². The molecule has 0 saturated heterocycles. The largest absolute Gasteiger partial charge is 0.486 e. The van der Waals surface area contributed by atoms with Gasteiger partial charge in [-0.3, -0.25) is 19.5 Å². The molecule has 1 heterocycles. The number of nitro benzene ring substituents is 1. The zero-order valence-electron chi connectivity index (χ0n) is 16.2. The third-order valence-corrected chi connectivity index (χ3v) is 5.28. The van der Waals surface area contributed by atoms with Crippen LogP contribution in [0, 0.1) is 10.1 Å². The number of nitro groups is 1. The molecule has 1 amide bonds. The van der Waals surface area contributed by atoms with E-state index in [-0.39, 0.29) is 34.7 Å². The van der Waals surface area contributed by atoms with Gasteiger partial charge in [-0.1, -0.05) is 47.6 Å². The summed E-state index contributed by atoms with van der Waals surface area (Å²) in [6, 6.07) is 13.2. The van der Waals surface area contributed by atoms with Crippen LogP contribution in [0.5, 0.6) is 5.75 Å². The van der Waals surface area contributed by atoms with E-state index in [4.69, 9.17) is 16.3 Å². The van der Waals surface area contributed by atoms with E-state index < -0.39 is 4.92 Å². The molecule has 0 aliphatic heterocycles. The minimum Gasteiger partial charge on any atom is -0.486 e. The van der Waals surface area contributed by atoms with Gasteiger partial charge in [0.25, 0.3) is 5.69 Å². The van der Waals surface area contributed by atoms with Crippen LogP contribution in [0.3, 0.4) is 0 Å². The molecule has 0 aliphatic carbocycles. The van der Waals surface area contributed by atoms with Crippen molar-refractivity contribution in [1.29, 1.82) is 0 Å². The first-order valence-corrected chi connectivity index (χ1v) is 10.4. The van der Waals surface area contributed by atoms with Crippen LogP contribution in [0.1, 0.15) is 5.82 Å². The van der Waals surface area contributed by atoms with Crippen molar-refractivity contribution in [2.24, 2.45) is 0 Å². The van der Waals surface area contributed by atoms with Crippen molar-refractivity contribution in [3.8, 4) is 5.75 Å². The van der Waals surface area contributed by atoms with Crippen LogP contribution in [-0.4, -0.2) is 31.3 Å². The van der Waals surface area contributed by atoms with Crippen molar-refractivity contribution >= 4 is 40.6 Å². The molecule has 0 spiro atoms. The van der Waals surface area contributed by atoms with E-state index in [2.05, 4.69) is 22.1 Å². The molecule has 0 radical (unpaired) electrons. The summed E-state index contributed by atoms with van der Waals surface area (Å²) in [6.45, 7) is 4.40. The predicted molar refractivity (Wildman–Crippen MR) is 118 cm³/mol. The number of ether oxygens (including phenoxy) is 1. The summed E-state index contributed by atoms with van der Waals surface area (Å²) < 4.78 is 7.52. The first-order valence-electron chi connectivity index (χ1n) is 9.05. The Bertz CT molecular complexity index is 1090. The molecule has 11 heteroatoms. The fourth-order valence-electron chi connectivity index (χ4n) is 2.55. The Morgan fingerprint density at radius 1 is 1.29 bits per heavy atom. The summed E-state index contributed by atoms with van der Waals surface area (Å²) in [7, 11) is 0. The summed E-state index contributed by atoms with van der Waals surface area (Å²) in [5.74, 6) is 0.919. The maximum Gasteiger partial charge on any atom is 0.271 e. The Balaban J connectivity index is 1.63. The summed E-state index contributed by atoms with van der Waals surface area (Å²) in [5, 5.41) is 22.5. The highest BCUT2D eigenvalue weighted by molar-refractivity contribution is 7.99. The van der Waals surface area contributed by atoms with Gasteiger partial charge in [0.05, 0.1) is 21.4 Å². The number of allylic oxidation sites excluding steroid dienone is 1. The molecule has 0 unspecified atom stereocenters. The van der Waals surface area contributed by atoms with Crippen LogP contribution >= 0.6 is 23.4 Å². The van der Waals surface area contributed by atoms with Gasteiger partial charge in [0, 0.05) is 18.7 Å². The Kier molecular flexibility index (Phi) is 7.63. The molecule has 31 heavy (non-hydrogen) atoms. The van der Waals surface area contributed by atoms with Crippen LogP contribution in [-0.2, 0) is 17.9 Å². The van der Waals surface area contributed by atoms with Crippen LogP contribution < -0.4 is 10.1 Å². The molecule has 160 valence electrons. The van der Waals surface area contributed by atoms with Gasteiger partial charge in [0.15, 0.2) is 11.0 Å². The highest BCUT2D eigenvalue weighted by Gasteiger charge is 2.16. The summed E-state index contributed by atoms with van der Waals surface area (Å²) in [6.07, 6.45) is 1.70. The molecule has 0 atom stereocenters. The van der Waals surface area contributed by atoms with Crippen LogP contribution in [0.2, 0.25) is 5.02 Å². The van der Waals surface area contributed by atoms with Gasteiger partial charge in [-0.15, -0.1) is 16.8 Å². The van der Waals surface area contributed by atoms with Crippen molar-refractivity contribution < 1.29 is 14.5 Å². The van der Waals surface area contributed by atoms with Crippen LogP contribution in [0.15, 0.2) is 66.3 Å². The average Bonchev–Trinajstić information content (AvgIpc) is 3.15. The summed E-state index contributed by atoms with van der Waals surface area (Å²) >= 11 is 7.19. The highest BCUT2D eigenvalue weighted by Crippen LogP contribution is 2.27. The molecule has 3 rings (SSSR count). The van der Waals surface area contributed by atoms with Crippen molar-refractivity contribution in [2.45, 2.75) is 18.3 Å². The molecule has 3 aromatic rings. The maximum absolute atomic E-state index is 12.3. The number of carbonyl (C=O) groups is 1. The first kappa shape index (κ1) is 22.3. The number of aromatic nitrogens is 3. The van der Waals surface area contributed by atoms with Gasteiger partial charge in [-0.05, 0) is 18.2 Å². The van der Waals surface area contributed by atoms with Crippen LogP contribution in [0.25, 0.3) is 0 Å². The predicted octanol–water partition coefficient (Wildman–Crippen LogP) is 4.34. The monoisotopic (exact) mass is 459 g/mol. The molecule has 1 N–H and O–H groups in total. The van der Waals surface area contributed by atoms with Gasteiger partial charge in [0.2, 0.25) is 5.91 Å². The minimum absolute atomic E-state index is 0.00778. The van der Waals surface area contributed by atoms with Gasteiger partial charge < -0.3 is 10.1 Å². The highest BCUT2D eigenvalue weighted by atomic mass is 35.5. The molecule has 1 aromatic heterocycles. The Hall–Kier alpha value is -3.37. The lowest BCUT2D eigenvalue weighted by molar-refractivity contribution is -0.384. The topological polar surface area (TPSA) is 112 Å². The van der Waals surface area contributed by atoms with Crippen molar-refractivity contribution in [1.82, 2.24) is 14.8 Å². The molecule has 0 saturated carbocycles. The van der Waals surface area contributed by atoms with Crippen molar-refractivity contribution in [3.05, 3.63) is 82.1 Å². The average molecular weight is 460 g/mol. The summed E-state index contributed by atoms with van der Waals surface area (Å²) in [4.78, 5) is 22.7. The minimum atomic E-state index is -0.558. The fraction of sp³-hybridized carbons (Fsp3) is 0.150. The number of carbonyl (C=O) groups excluding carboxylic acids is 1. The second-order valence-corrected chi connectivity index (χ2v) is 7.51. The number of nitrogens with one attached hydrogen (secondary N) is 1. The third kappa shape index (κ3) is 6.06. The number of halogens is 1. The number of benzene rings is 2. The number of rotatable bonds is 10. The van der Waals surface area contributed by atoms with E-state index in [1.54, 1.807) is 10.6 Å². The Morgan fingerprint density at radius 2 is 2.06 bits per heavy atom. The number of anilines is 1. The molecule has 2 aromatic carbocycles. The standard InChI is InChI=1S/C20H18ClN5O4S/c1-2-10-25-18(12-30-15-6-4-3-5-7-15)23-24-20(25)31-13-19(27)22-17-11-14(26(28)29)8-9-16(17)21/h2-9,11H,1,10,12-13H2,(H,22,27). The number of thioether (sulfide) groups is 1. The molecular formula is C20H18ClN5O4S. The lowest BCUT2D eigenvalue weighted by Gasteiger charge is -2.09. The number of amides is 1. The fourth-order valence-corrected chi connectivity index (χ4v) is 3.48. The number of hydrogen-bond acceptors (Lipinski definition) is 7. The second kappa shape index (κ2) is 10.6. The van der Waals surface area contributed by atoms with Crippen LogP contribution in [0.4, 0.5) is 11.4 Å². The van der Waals surface area contributed by atoms with E-state index in [9.17, 15) is 14.9 Å². The molecule has 9 nitrogen and oxygen atoms in total. The van der Waals surface area contributed by atoms with E-state index >= 15 is 0 Å². The smallest absolute Gasteiger partial charge is 0.271 e. The molecule has 0 aliphatic rings. The SMILES string of the molecule is C=CCn1c(COc2ccccc2)nnc1SCC(=O)Nc1cc([N+](=O)[O-])ccc1Cl. The lowest BCUT2D eigenvalue weighted by Crippen LogP contribution is -2.15. The lowest BCUT2D eigenvalue weighted by atomic mass is 10.3. The second-order valence-electron chi connectivity index (χ2n) is 6.16. The number of hydrogen-bond donors (Lipinski definition) is 1. The quantitative estimate of drug-likeness (QED) is 0.208. The van der Waals surface area contributed by atoms with E-state index in [0.29, 0.717) is 23.3 Å². The molecule has 0 bridgehead atoms. The van der Waals surface area contributed by atoms with E-state index in [1.165, 1.54) is 30.0 Å². The maximum atomic E-state index is 12.3. The van der Waals surface area contributed by atoms with Gasteiger partial charge >= 0.3 is 0 Å².